The van der Waals surface area contributed by atoms with Crippen molar-refractivity contribution in [3.05, 3.63) is 78.6 Å². The Balaban J connectivity index is 1.19. The molecule has 37 heavy (non-hydrogen) atoms. The molecule has 0 aliphatic carbocycles. The molecule has 9 nitrogen and oxygen atoms in total. The van der Waals surface area contributed by atoms with Crippen LogP contribution in [0.15, 0.2) is 67.5 Å². The third-order valence-electron chi connectivity index (χ3n) is 7.00. The van der Waals surface area contributed by atoms with Gasteiger partial charge in [-0.2, -0.15) is 10.2 Å². The summed E-state index contributed by atoms with van der Waals surface area (Å²) >= 11 is 0. The molecule has 9 heteroatoms. The molecule has 6 heterocycles. The topological polar surface area (TPSA) is 76.6 Å². The van der Waals surface area contributed by atoms with Gasteiger partial charge in [0.05, 0.1) is 25.0 Å². The Morgan fingerprint density at radius 3 is 2.38 bits per heavy atom. The lowest BCUT2D eigenvalue weighted by Crippen LogP contribution is -2.46. The van der Waals surface area contributed by atoms with Crippen LogP contribution < -0.4 is 9.64 Å². The second-order valence-corrected chi connectivity index (χ2v) is 9.54. The van der Waals surface area contributed by atoms with Crippen molar-refractivity contribution < 1.29 is 4.74 Å². The van der Waals surface area contributed by atoms with Gasteiger partial charge >= 0.3 is 0 Å². The van der Waals surface area contributed by atoms with Crippen LogP contribution in [0.3, 0.4) is 0 Å². The molecule has 0 spiro atoms. The van der Waals surface area contributed by atoms with Gasteiger partial charge < -0.3 is 9.64 Å². The summed E-state index contributed by atoms with van der Waals surface area (Å²) in [6.07, 6.45) is 11.8. The van der Waals surface area contributed by atoms with E-state index in [1.54, 1.807) is 7.11 Å². The molecule has 1 saturated heterocycles. The van der Waals surface area contributed by atoms with E-state index in [0.717, 1.165) is 71.9 Å². The zero-order valence-electron chi connectivity index (χ0n) is 21.4. The number of nitrogens with zero attached hydrogens (tertiary/aromatic N) is 8. The highest BCUT2D eigenvalue weighted by Crippen LogP contribution is 2.32. The molecular weight excluding hydrogens is 464 g/mol. The minimum absolute atomic E-state index is 0.649. The number of aryl methyl sites for hydroxylation is 2. The molecule has 0 N–H and O–H groups in total. The smallest absolute Gasteiger partial charge is 0.212 e. The zero-order valence-corrected chi connectivity index (χ0v) is 21.4. The number of rotatable bonds is 6. The van der Waals surface area contributed by atoms with Gasteiger partial charge in [-0.15, -0.1) is 0 Å². The van der Waals surface area contributed by atoms with Crippen molar-refractivity contribution in [1.29, 1.82) is 0 Å². The molecule has 0 unspecified atom stereocenters. The summed E-state index contributed by atoms with van der Waals surface area (Å²) in [6, 6.07) is 10.5. The molecule has 0 aromatic carbocycles. The summed E-state index contributed by atoms with van der Waals surface area (Å²) in [4.78, 5) is 14.0. The van der Waals surface area contributed by atoms with Gasteiger partial charge in [-0.25, -0.2) is 14.5 Å². The number of fused-ring (bicyclic) bond motifs is 1. The lowest BCUT2D eigenvalue weighted by atomic mass is 10.0. The highest BCUT2D eigenvalue weighted by atomic mass is 16.5. The maximum atomic E-state index is 5.16. The van der Waals surface area contributed by atoms with E-state index in [2.05, 4.69) is 62.4 Å². The predicted octanol–water partition coefficient (Wildman–Crippen LogP) is 3.83. The first-order valence-corrected chi connectivity index (χ1v) is 12.5. The van der Waals surface area contributed by atoms with E-state index in [1.165, 1.54) is 5.56 Å². The van der Waals surface area contributed by atoms with Crippen molar-refractivity contribution >= 4 is 11.3 Å². The van der Waals surface area contributed by atoms with Crippen molar-refractivity contribution in [2.75, 3.05) is 38.2 Å². The summed E-state index contributed by atoms with van der Waals surface area (Å²) in [5.74, 6) is 1.66. The number of aromatic nitrogens is 6. The Labute approximate surface area is 216 Å². The zero-order chi connectivity index (χ0) is 25.4. The molecule has 0 atom stereocenters. The van der Waals surface area contributed by atoms with E-state index in [9.17, 15) is 0 Å². The van der Waals surface area contributed by atoms with Gasteiger partial charge in [0, 0.05) is 92.9 Å². The van der Waals surface area contributed by atoms with Crippen molar-refractivity contribution in [2.24, 2.45) is 7.05 Å². The molecule has 6 rings (SSSR count). The van der Waals surface area contributed by atoms with E-state index >= 15 is 0 Å². The van der Waals surface area contributed by atoms with Crippen LogP contribution in [-0.2, 0) is 13.6 Å². The number of pyridine rings is 3. The second kappa shape index (κ2) is 9.67. The quantitative estimate of drug-likeness (QED) is 0.355. The number of piperazine rings is 1. The lowest BCUT2D eigenvalue weighted by Gasteiger charge is -2.35. The van der Waals surface area contributed by atoms with Crippen LogP contribution in [0, 0.1) is 6.92 Å². The van der Waals surface area contributed by atoms with Crippen LogP contribution in [0.4, 0.5) is 5.82 Å². The van der Waals surface area contributed by atoms with Gasteiger partial charge in [-0.05, 0) is 36.2 Å². The minimum Gasteiger partial charge on any atom is -0.481 e. The third kappa shape index (κ3) is 4.65. The normalized spacial score (nSPS) is 14.4. The number of anilines is 1. The van der Waals surface area contributed by atoms with E-state index in [4.69, 9.17) is 9.72 Å². The Bertz CT molecular complexity index is 1510. The summed E-state index contributed by atoms with van der Waals surface area (Å²) in [5.41, 5.74) is 7.77. The fourth-order valence-corrected chi connectivity index (χ4v) is 4.97. The number of methoxy groups -OCH3 is 1. The molecule has 1 aliphatic rings. The lowest BCUT2D eigenvalue weighted by molar-refractivity contribution is 0.249. The molecule has 0 radical (unpaired) electrons. The van der Waals surface area contributed by atoms with Gasteiger partial charge in [0.1, 0.15) is 5.82 Å². The summed E-state index contributed by atoms with van der Waals surface area (Å²) in [6.45, 7) is 6.84. The number of hydrogen-bond donors (Lipinski definition) is 0. The van der Waals surface area contributed by atoms with Crippen LogP contribution in [0.5, 0.6) is 5.88 Å². The van der Waals surface area contributed by atoms with Crippen LogP contribution in [-0.4, -0.2) is 67.6 Å². The molecule has 188 valence electrons. The maximum Gasteiger partial charge on any atom is 0.212 e. The third-order valence-corrected chi connectivity index (χ3v) is 7.00. The summed E-state index contributed by atoms with van der Waals surface area (Å²) < 4.78 is 8.94. The Morgan fingerprint density at radius 1 is 0.838 bits per heavy atom. The van der Waals surface area contributed by atoms with Gasteiger partial charge in [0.25, 0.3) is 0 Å². The molecular formula is C28H30N8O. The minimum atomic E-state index is 0.649. The van der Waals surface area contributed by atoms with Crippen molar-refractivity contribution in [3.8, 4) is 28.1 Å². The molecule has 0 saturated carbocycles. The van der Waals surface area contributed by atoms with Crippen LogP contribution in [0.2, 0.25) is 0 Å². The summed E-state index contributed by atoms with van der Waals surface area (Å²) in [5, 5.41) is 8.92. The maximum absolute atomic E-state index is 5.16. The molecule has 0 amide bonds. The van der Waals surface area contributed by atoms with Crippen LogP contribution >= 0.6 is 0 Å². The molecule has 5 aromatic heterocycles. The van der Waals surface area contributed by atoms with E-state index in [0.29, 0.717) is 5.88 Å². The summed E-state index contributed by atoms with van der Waals surface area (Å²) in [7, 11) is 3.57. The Morgan fingerprint density at radius 2 is 1.70 bits per heavy atom. The Kier molecular flexibility index (Phi) is 6.05. The van der Waals surface area contributed by atoms with Gasteiger partial charge in [-0.1, -0.05) is 6.07 Å². The SMILES string of the molecule is COc1ccc(CN2CCN(c3ccc(-c4cc(-c5cnn(C)c5)cn5ncc(C)c45)cn3)CC2)cn1. The van der Waals surface area contributed by atoms with Crippen molar-refractivity contribution in [3.63, 3.8) is 0 Å². The highest BCUT2D eigenvalue weighted by molar-refractivity contribution is 5.86. The average molecular weight is 495 g/mol. The van der Waals surface area contributed by atoms with Crippen LogP contribution in [0.25, 0.3) is 27.8 Å². The highest BCUT2D eigenvalue weighted by Gasteiger charge is 2.19. The van der Waals surface area contributed by atoms with Crippen molar-refractivity contribution in [2.45, 2.75) is 13.5 Å². The average Bonchev–Trinajstić information content (AvgIpc) is 3.54. The molecule has 0 bridgehead atoms. The first-order valence-electron chi connectivity index (χ1n) is 12.5. The molecule has 5 aromatic rings. The van der Waals surface area contributed by atoms with Crippen molar-refractivity contribution in [1.82, 2.24) is 34.3 Å². The predicted molar refractivity (Wildman–Crippen MR) is 144 cm³/mol. The van der Waals surface area contributed by atoms with Gasteiger partial charge in [0.15, 0.2) is 0 Å². The van der Waals surface area contributed by atoms with E-state index in [-0.39, 0.29) is 0 Å². The van der Waals surface area contributed by atoms with Gasteiger partial charge in [-0.3, -0.25) is 9.58 Å². The Hall–Kier alpha value is -4.24. The number of ether oxygens (including phenoxy) is 1. The largest absolute Gasteiger partial charge is 0.481 e. The second-order valence-electron chi connectivity index (χ2n) is 9.54. The first kappa shape index (κ1) is 23.2. The van der Waals surface area contributed by atoms with E-state index < -0.39 is 0 Å². The fraction of sp³-hybridized carbons (Fsp3) is 0.286. The van der Waals surface area contributed by atoms with Gasteiger partial charge in [0.2, 0.25) is 5.88 Å². The molecule has 1 fully saturated rings. The fourth-order valence-electron chi connectivity index (χ4n) is 4.97. The number of hydrogen-bond acceptors (Lipinski definition) is 7. The standard InChI is InChI=1S/C28H30N8O/c1-20-13-32-36-19-23(24-16-31-33(2)18-24)12-25(28(20)36)22-5-6-26(29-15-22)35-10-8-34(9-11-35)17-21-4-7-27(37-3)30-14-21/h4-7,12-16,18-19H,8-11,17H2,1-3H3. The molecule has 1 aliphatic heterocycles. The monoisotopic (exact) mass is 494 g/mol. The first-order chi connectivity index (χ1) is 18.1. The van der Waals surface area contributed by atoms with Crippen LogP contribution in [0.1, 0.15) is 11.1 Å². The van der Waals surface area contributed by atoms with E-state index in [1.807, 2.05) is 53.3 Å².